The minimum atomic E-state index is -1.11. The Kier molecular flexibility index (Phi) is 4.96. The average Bonchev–Trinajstić information content (AvgIpc) is 3.21. The van der Waals surface area contributed by atoms with Crippen LogP contribution in [0.5, 0.6) is 0 Å². The number of hydrogen-bond acceptors (Lipinski definition) is 5. The van der Waals surface area contributed by atoms with Crippen LogP contribution in [-0.2, 0) is 9.59 Å². The first-order valence-corrected chi connectivity index (χ1v) is 9.26. The number of barbiturate groups is 1. The summed E-state index contributed by atoms with van der Waals surface area (Å²) in [4.78, 5) is 49.8. The summed E-state index contributed by atoms with van der Waals surface area (Å²) in [6.07, 6.45) is 1.22. The molecule has 8 nitrogen and oxygen atoms in total. The lowest BCUT2D eigenvalue weighted by molar-refractivity contribution is -0.122. The lowest BCUT2D eigenvalue weighted by atomic mass is 10.1. The van der Waals surface area contributed by atoms with Crippen molar-refractivity contribution < 1.29 is 28.7 Å². The number of anilines is 1. The van der Waals surface area contributed by atoms with Gasteiger partial charge in [0.05, 0.1) is 11.3 Å². The molecular weight excluding hydrogens is 400 g/mol. The van der Waals surface area contributed by atoms with Gasteiger partial charge < -0.3 is 9.52 Å². The minimum Gasteiger partial charge on any atom is -0.478 e. The number of carbonyl (C=O) groups is 4. The van der Waals surface area contributed by atoms with Crippen molar-refractivity contribution in [2.45, 2.75) is 6.92 Å². The van der Waals surface area contributed by atoms with E-state index in [0.717, 1.165) is 10.5 Å². The van der Waals surface area contributed by atoms with E-state index in [1.807, 2.05) is 6.92 Å². The highest BCUT2D eigenvalue weighted by Gasteiger charge is 2.37. The van der Waals surface area contributed by atoms with Gasteiger partial charge in [-0.3, -0.25) is 14.9 Å². The molecule has 0 aliphatic carbocycles. The molecule has 3 aromatic rings. The quantitative estimate of drug-likeness (QED) is 0.496. The van der Waals surface area contributed by atoms with Gasteiger partial charge in [0.25, 0.3) is 11.8 Å². The van der Waals surface area contributed by atoms with Gasteiger partial charge in [0.1, 0.15) is 17.1 Å². The van der Waals surface area contributed by atoms with E-state index in [1.54, 1.807) is 48.5 Å². The van der Waals surface area contributed by atoms with Crippen LogP contribution in [-0.4, -0.2) is 28.9 Å². The molecule has 1 aliphatic heterocycles. The molecule has 8 heteroatoms. The van der Waals surface area contributed by atoms with Crippen LogP contribution in [0.4, 0.5) is 10.5 Å². The van der Waals surface area contributed by atoms with Gasteiger partial charge >= 0.3 is 12.0 Å². The number of benzene rings is 2. The molecule has 1 aromatic heterocycles. The third kappa shape index (κ3) is 3.74. The first-order chi connectivity index (χ1) is 14.8. The Balaban J connectivity index is 1.69. The number of carboxylic acids is 1. The van der Waals surface area contributed by atoms with Crippen molar-refractivity contribution in [2.24, 2.45) is 0 Å². The fourth-order valence-electron chi connectivity index (χ4n) is 3.19. The fraction of sp³-hybridized carbons (Fsp3) is 0.0435. The molecule has 0 radical (unpaired) electrons. The van der Waals surface area contributed by atoms with Gasteiger partial charge in [-0.2, -0.15) is 0 Å². The zero-order valence-corrected chi connectivity index (χ0v) is 16.3. The van der Waals surface area contributed by atoms with Gasteiger partial charge in [-0.15, -0.1) is 0 Å². The average molecular weight is 416 g/mol. The highest BCUT2D eigenvalue weighted by atomic mass is 16.4. The maximum atomic E-state index is 12.9. The van der Waals surface area contributed by atoms with Crippen LogP contribution in [0.1, 0.15) is 21.7 Å². The number of furan rings is 1. The number of carbonyl (C=O) groups excluding carboxylic acids is 3. The van der Waals surface area contributed by atoms with Crippen molar-refractivity contribution in [1.29, 1.82) is 0 Å². The van der Waals surface area contributed by atoms with Crippen molar-refractivity contribution in [1.82, 2.24) is 5.32 Å². The number of rotatable bonds is 4. The maximum absolute atomic E-state index is 12.9. The molecule has 2 heterocycles. The monoisotopic (exact) mass is 416 g/mol. The van der Waals surface area contributed by atoms with Gasteiger partial charge in [-0.1, -0.05) is 35.9 Å². The lowest BCUT2D eigenvalue weighted by Crippen LogP contribution is -2.54. The maximum Gasteiger partial charge on any atom is 0.336 e. The van der Waals surface area contributed by atoms with Gasteiger partial charge in [0.15, 0.2) is 0 Å². The number of carboxylic acid groups (broad SMARTS) is 1. The fourth-order valence-corrected chi connectivity index (χ4v) is 3.19. The molecule has 0 unspecified atom stereocenters. The summed E-state index contributed by atoms with van der Waals surface area (Å²) in [6.45, 7) is 1.87. The van der Waals surface area contributed by atoms with Gasteiger partial charge in [-0.05, 0) is 43.3 Å². The van der Waals surface area contributed by atoms with E-state index in [-0.39, 0.29) is 22.7 Å². The van der Waals surface area contributed by atoms with Crippen molar-refractivity contribution in [3.05, 3.63) is 83.1 Å². The molecule has 1 saturated heterocycles. The molecule has 1 aliphatic rings. The topological polar surface area (TPSA) is 117 Å². The zero-order chi connectivity index (χ0) is 22.1. The van der Waals surface area contributed by atoms with Crippen molar-refractivity contribution in [2.75, 3.05) is 4.90 Å². The molecule has 31 heavy (non-hydrogen) atoms. The standard InChI is InChI=1S/C23H16N2O6/c1-13-6-8-14(9-7-13)25-21(27)18(20(26)24-23(25)30)12-15-10-11-19(31-15)16-4-2-3-5-17(16)22(28)29/h2-12H,1H3,(H,28,29)(H,24,26,30)/b18-12+. The van der Waals surface area contributed by atoms with Crippen molar-refractivity contribution in [3.63, 3.8) is 0 Å². The van der Waals surface area contributed by atoms with Crippen LogP contribution < -0.4 is 10.2 Å². The predicted molar refractivity (Wildman–Crippen MR) is 111 cm³/mol. The summed E-state index contributed by atoms with van der Waals surface area (Å²) < 4.78 is 5.67. The van der Waals surface area contributed by atoms with E-state index < -0.39 is 23.8 Å². The number of hydrogen-bond donors (Lipinski definition) is 2. The molecule has 4 amide bonds. The summed E-state index contributed by atoms with van der Waals surface area (Å²) in [7, 11) is 0. The molecule has 0 spiro atoms. The minimum absolute atomic E-state index is 0.0543. The highest BCUT2D eigenvalue weighted by molar-refractivity contribution is 6.39. The largest absolute Gasteiger partial charge is 0.478 e. The number of amides is 4. The summed E-state index contributed by atoms with van der Waals surface area (Å²) in [5.74, 6) is -2.32. The van der Waals surface area contributed by atoms with E-state index in [2.05, 4.69) is 5.32 Å². The smallest absolute Gasteiger partial charge is 0.336 e. The number of urea groups is 1. The second-order valence-corrected chi connectivity index (χ2v) is 6.85. The van der Waals surface area contributed by atoms with Gasteiger partial charge in [-0.25, -0.2) is 14.5 Å². The van der Waals surface area contributed by atoms with E-state index in [0.29, 0.717) is 11.3 Å². The van der Waals surface area contributed by atoms with E-state index >= 15 is 0 Å². The van der Waals surface area contributed by atoms with Crippen LogP contribution in [0, 0.1) is 6.92 Å². The van der Waals surface area contributed by atoms with Crippen molar-refractivity contribution >= 4 is 35.6 Å². The predicted octanol–water partition coefficient (Wildman–Crippen LogP) is 3.62. The molecule has 0 bridgehead atoms. The summed E-state index contributed by atoms with van der Waals surface area (Å²) in [5.41, 5.74) is 1.40. The SMILES string of the molecule is Cc1ccc(N2C(=O)NC(=O)/C(=C\c3ccc(-c4ccccc4C(=O)O)o3)C2=O)cc1. The molecule has 0 atom stereocenters. The zero-order valence-electron chi connectivity index (χ0n) is 16.3. The Bertz CT molecular complexity index is 1250. The number of nitrogens with zero attached hydrogens (tertiary/aromatic N) is 1. The Morgan fingerprint density at radius 3 is 2.42 bits per heavy atom. The van der Waals surface area contributed by atoms with E-state index in [1.165, 1.54) is 18.2 Å². The number of aryl methyl sites for hydroxylation is 1. The van der Waals surface area contributed by atoms with Crippen molar-refractivity contribution in [3.8, 4) is 11.3 Å². The molecule has 2 N–H and O–H groups in total. The molecule has 1 fully saturated rings. The molecular formula is C23H16N2O6. The van der Waals surface area contributed by atoms with Crippen LogP contribution >= 0.6 is 0 Å². The van der Waals surface area contributed by atoms with Crippen LogP contribution in [0.25, 0.3) is 17.4 Å². The lowest BCUT2D eigenvalue weighted by Gasteiger charge is -2.26. The number of nitrogens with one attached hydrogen (secondary N) is 1. The Morgan fingerprint density at radius 2 is 1.71 bits per heavy atom. The van der Waals surface area contributed by atoms with E-state index in [4.69, 9.17) is 4.42 Å². The number of imide groups is 2. The Labute approximate surface area is 176 Å². The van der Waals surface area contributed by atoms with Gasteiger partial charge in [0.2, 0.25) is 0 Å². The Morgan fingerprint density at radius 1 is 1.00 bits per heavy atom. The third-order valence-electron chi connectivity index (χ3n) is 4.73. The second-order valence-electron chi connectivity index (χ2n) is 6.85. The molecule has 4 rings (SSSR count). The van der Waals surface area contributed by atoms with E-state index in [9.17, 15) is 24.3 Å². The summed E-state index contributed by atoms with van der Waals surface area (Å²) in [6, 6.07) is 15.2. The van der Waals surface area contributed by atoms with Crippen LogP contribution in [0.15, 0.2) is 70.7 Å². The first kappa shape index (κ1) is 19.8. The summed E-state index contributed by atoms with van der Waals surface area (Å²) >= 11 is 0. The molecule has 2 aromatic carbocycles. The normalized spacial score (nSPS) is 15.3. The second kappa shape index (κ2) is 7.75. The summed E-state index contributed by atoms with van der Waals surface area (Å²) in [5, 5.41) is 11.5. The number of aromatic carboxylic acids is 1. The Hall–Kier alpha value is -4.46. The van der Waals surface area contributed by atoms with Gasteiger partial charge in [0, 0.05) is 5.56 Å². The third-order valence-corrected chi connectivity index (χ3v) is 4.73. The van der Waals surface area contributed by atoms with Crippen LogP contribution in [0.3, 0.4) is 0 Å². The molecule has 154 valence electrons. The highest BCUT2D eigenvalue weighted by Crippen LogP contribution is 2.28. The van der Waals surface area contributed by atoms with Crippen LogP contribution in [0.2, 0.25) is 0 Å². The molecule has 0 saturated carbocycles. The first-order valence-electron chi connectivity index (χ1n) is 9.26.